The second kappa shape index (κ2) is 3.80. The molecular weight excluding hydrogens is 272 g/mol. The number of H-pyrrole nitrogens is 1. The molecule has 7 heteroatoms. The number of fused-ring (bicyclic) bond motifs is 1. The molecular formula is C9H6Cl3N3O. The highest BCUT2D eigenvalue weighted by Gasteiger charge is 2.27. The average Bonchev–Trinajstić information content (AvgIpc) is 2.59. The van der Waals surface area contributed by atoms with E-state index >= 15 is 0 Å². The number of nitrogens with two attached hydrogens (primary N) is 1. The lowest BCUT2D eigenvalue weighted by Gasteiger charge is -2.04. The molecule has 2 aromatic rings. The van der Waals surface area contributed by atoms with E-state index in [-0.39, 0.29) is 11.4 Å². The third-order valence-corrected chi connectivity index (χ3v) is 2.58. The molecule has 0 saturated carbocycles. The van der Waals surface area contributed by atoms with Crippen molar-refractivity contribution in [2.45, 2.75) is 3.79 Å². The molecule has 4 nitrogen and oxygen atoms in total. The Hall–Kier alpha value is -0.970. The number of rotatable bonds is 1. The molecule has 0 fully saturated rings. The molecule has 0 radical (unpaired) electrons. The summed E-state index contributed by atoms with van der Waals surface area (Å²) in [5.41, 5.74) is 6.49. The van der Waals surface area contributed by atoms with Crippen LogP contribution in [-0.2, 0) is 3.79 Å². The zero-order valence-electron chi connectivity index (χ0n) is 7.80. The maximum atomic E-state index is 11.1. The number of nitrogens with zero attached hydrogens (tertiary/aromatic N) is 1. The molecule has 0 aliphatic rings. The predicted octanol–water partition coefficient (Wildman–Crippen LogP) is 2.49. The molecule has 0 bridgehead atoms. The van der Waals surface area contributed by atoms with Gasteiger partial charge in [0.25, 0.3) is 5.91 Å². The second-order valence-electron chi connectivity index (χ2n) is 3.15. The van der Waals surface area contributed by atoms with Crippen LogP contribution >= 0.6 is 34.8 Å². The van der Waals surface area contributed by atoms with Gasteiger partial charge in [0.15, 0.2) is 5.82 Å². The predicted molar refractivity (Wildman–Crippen MR) is 63.8 cm³/mol. The third-order valence-electron chi connectivity index (χ3n) is 2.05. The van der Waals surface area contributed by atoms with E-state index in [2.05, 4.69) is 9.97 Å². The van der Waals surface area contributed by atoms with Crippen molar-refractivity contribution in [3.63, 3.8) is 0 Å². The minimum Gasteiger partial charge on any atom is -0.366 e. The first-order chi connectivity index (χ1) is 7.39. The van der Waals surface area contributed by atoms with E-state index in [4.69, 9.17) is 40.5 Å². The van der Waals surface area contributed by atoms with Crippen LogP contribution in [0.15, 0.2) is 18.2 Å². The van der Waals surface area contributed by atoms with Crippen LogP contribution in [0, 0.1) is 0 Å². The van der Waals surface area contributed by atoms with Gasteiger partial charge in [-0.25, -0.2) is 4.98 Å². The fourth-order valence-corrected chi connectivity index (χ4v) is 1.63. The van der Waals surface area contributed by atoms with Crippen molar-refractivity contribution in [1.82, 2.24) is 9.97 Å². The van der Waals surface area contributed by atoms with Gasteiger partial charge in [0.05, 0.1) is 11.1 Å². The van der Waals surface area contributed by atoms with Crippen LogP contribution in [0.3, 0.4) is 0 Å². The van der Waals surface area contributed by atoms with Gasteiger partial charge in [-0.2, -0.15) is 0 Å². The van der Waals surface area contributed by atoms with Crippen molar-refractivity contribution >= 4 is 51.7 Å². The standard InChI is InChI=1S/C9H6Cl3N3O/c10-9(11,12)8-14-5-3-1-2-4(7(13)16)6(5)15-8/h1-3H,(H2,13,16)(H,14,15). The molecule has 16 heavy (non-hydrogen) atoms. The van der Waals surface area contributed by atoms with Crippen LogP contribution in [0.2, 0.25) is 0 Å². The first kappa shape index (κ1) is 11.5. The minimum absolute atomic E-state index is 0.154. The molecule has 1 aromatic heterocycles. The number of imidazole rings is 1. The molecule has 1 amide bonds. The van der Waals surface area contributed by atoms with Gasteiger partial charge in [-0.1, -0.05) is 40.9 Å². The Morgan fingerprint density at radius 3 is 2.62 bits per heavy atom. The van der Waals surface area contributed by atoms with E-state index in [1.807, 2.05) is 0 Å². The van der Waals surface area contributed by atoms with Gasteiger partial charge in [0.2, 0.25) is 3.79 Å². The van der Waals surface area contributed by atoms with Gasteiger partial charge >= 0.3 is 0 Å². The first-order valence-corrected chi connectivity index (χ1v) is 5.38. The Morgan fingerprint density at radius 1 is 1.38 bits per heavy atom. The lowest BCUT2D eigenvalue weighted by Crippen LogP contribution is -2.11. The Kier molecular flexibility index (Phi) is 2.74. The van der Waals surface area contributed by atoms with E-state index < -0.39 is 9.70 Å². The summed E-state index contributed by atoms with van der Waals surface area (Å²) in [5.74, 6) is -0.422. The van der Waals surface area contributed by atoms with E-state index in [0.717, 1.165) is 0 Å². The molecule has 0 unspecified atom stereocenters. The number of hydrogen-bond donors (Lipinski definition) is 2. The minimum atomic E-state index is -1.66. The zero-order valence-corrected chi connectivity index (χ0v) is 10.1. The summed E-state index contributed by atoms with van der Waals surface area (Å²) in [5, 5.41) is 0. The van der Waals surface area contributed by atoms with Crippen LogP contribution in [0.1, 0.15) is 16.2 Å². The summed E-state index contributed by atoms with van der Waals surface area (Å²) in [6.07, 6.45) is 0. The number of aromatic amines is 1. The SMILES string of the molecule is NC(=O)c1cccc2[nH]c(C(Cl)(Cl)Cl)nc12. The highest BCUT2D eigenvalue weighted by atomic mass is 35.6. The molecule has 0 aliphatic heterocycles. The number of carbonyl (C=O) groups excluding carboxylic acids is 1. The van der Waals surface area contributed by atoms with Gasteiger partial charge in [-0.15, -0.1) is 0 Å². The number of primary amides is 1. The Labute approximate surface area is 106 Å². The van der Waals surface area contributed by atoms with Crippen LogP contribution in [-0.4, -0.2) is 15.9 Å². The largest absolute Gasteiger partial charge is 0.366 e. The number of aromatic nitrogens is 2. The molecule has 84 valence electrons. The highest BCUT2D eigenvalue weighted by molar-refractivity contribution is 6.66. The summed E-state index contributed by atoms with van der Waals surface area (Å²) in [6, 6.07) is 4.95. The van der Waals surface area contributed by atoms with Crippen LogP contribution in [0.4, 0.5) is 0 Å². The summed E-state index contributed by atoms with van der Waals surface area (Å²) in [6.45, 7) is 0. The number of amides is 1. The number of para-hydroxylation sites is 1. The van der Waals surface area contributed by atoms with Gasteiger partial charge in [0, 0.05) is 0 Å². The summed E-state index contributed by atoms with van der Waals surface area (Å²) < 4.78 is -1.66. The van der Waals surface area contributed by atoms with Gasteiger partial charge in [-0.3, -0.25) is 4.79 Å². The maximum absolute atomic E-state index is 11.1. The molecule has 1 aromatic carbocycles. The topological polar surface area (TPSA) is 71.8 Å². The molecule has 0 spiro atoms. The fourth-order valence-electron chi connectivity index (χ4n) is 1.37. The molecule has 2 rings (SSSR count). The van der Waals surface area contributed by atoms with Crippen molar-refractivity contribution in [2.24, 2.45) is 5.73 Å². The number of halogens is 3. The Morgan fingerprint density at radius 2 is 2.06 bits per heavy atom. The van der Waals surface area contributed by atoms with Crippen molar-refractivity contribution in [3.05, 3.63) is 29.6 Å². The second-order valence-corrected chi connectivity index (χ2v) is 5.43. The smallest absolute Gasteiger partial charge is 0.250 e. The summed E-state index contributed by atoms with van der Waals surface area (Å²) in [4.78, 5) is 18.0. The number of hydrogen-bond acceptors (Lipinski definition) is 2. The quantitative estimate of drug-likeness (QED) is 0.787. The van der Waals surface area contributed by atoms with E-state index in [0.29, 0.717) is 11.0 Å². The summed E-state index contributed by atoms with van der Waals surface area (Å²) in [7, 11) is 0. The lowest BCUT2D eigenvalue weighted by atomic mass is 10.2. The first-order valence-electron chi connectivity index (χ1n) is 4.25. The van der Waals surface area contributed by atoms with Gasteiger partial charge < -0.3 is 10.7 Å². The normalized spacial score (nSPS) is 11.9. The molecule has 0 saturated heterocycles. The van der Waals surface area contributed by atoms with E-state index in [9.17, 15) is 4.79 Å². The third kappa shape index (κ3) is 1.96. The lowest BCUT2D eigenvalue weighted by molar-refractivity contribution is 0.100. The number of carbonyl (C=O) groups is 1. The molecule has 0 atom stereocenters. The van der Waals surface area contributed by atoms with Crippen molar-refractivity contribution < 1.29 is 4.79 Å². The Balaban J connectivity index is 2.71. The van der Waals surface area contributed by atoms with Crippen molar-refractivity contribution in [3.8, 4) is 0 Å². The van der Waals surface area contributed by atoms with Crippen molar-refractivity contribution in [2.75, 3.05) is 0 Å². The fraction of sp³-hybridized carbons (Fsp3) is 0.111. The summed E-state index contributed by atoms with van der Waals surface area (Å²) >= 11 is 17.0. The number of benzene rings is 1. The zero-order chi connectivity index (χ0) is 11.9. The monoisotopic (exact) mass is 277 g/mol. The van der Waals surface area contributed by atoms with E-state index in [1.54, 1.807) is 18.2 Å². The maximum Gasteiger partial charge on any atom is 0.250 e. The van der Waals surface area contributed by atoms with Crippen LogP contribution < -0.4 is 5.73 Å². The van der Waals surface area contributed by atoms with E-state index in [1.165, 1.54) is 0 Å². The van der Waals surface area contributed by atoms with Crippen molar-refractivity contribution in [1.29, 1.82) is 0 Å². The average molecular weight is 279 g/mol. The molecule has 3 N–H and O–H groups in total. The highest BCUT2D eigenvalue weighted by Crippen LogP contribution is 2.37. The van der Waals surface area contributed by atoms with Crippen LogP contribution in [0.5, 0.6) is 0 Å². The molecule has 1 heterocycles. The van der Waals surface area contributed by atoms with Gasteiger partial charge in [-0.05, 0) is 12.1 Å². The number of nitrogens with one attached hydrogen (secondary N) is 1. The molecule has 0 aliphatic carbocycles. The number of alkyl halides is 3. The Bertz CT molecular complexity index is 559. The van der Waals surface area contributed by atoms with Crippen LogP contribution in [0.25, 0.3) is 11.0 Å². The van der Waals surface area contributed by atoms with Gasteiger partial charge in [0.1, 0.15) is 5.52 Å².